The smallest absolute Gasteiger partial charge is 0.416 e. The van der Waals surface area contributed by atoms with Crippen molar-refractivity contribution in [2.24, 2.45) is 0 Å². The van der Waals surface area contributed by atoms with E-state index in [-0.39, 0.29) is 6.61 Å². The Morgan fingerprint density at radius 1 is 1.27 bits per heavy atom. The van der Waals surface area contributed by atoms with Gasteiger partial charge in [0.25, 0.3) is 0 Å². The number of aromatic nitrogens is 1. The highest BCUT2D eigenvalue weighted by molar-refractivity contribution is 5.95. The Balaban J connectivity index is 2.06. The molecule has 0 fully saturated rings. The van der Waals surface area contributed by atoms with Gasteiger partial charge in [0.15, 0.2) is 0 Å². The highest BCUT2D eigenvalue weighted by atomic mass is 19.4. The van der Waals surface area contributed by atoms with Gasteiger partial charge in [0, 0.05) is 17.6 Å². The molecule has 0 aliphatic heterocycles. The molecule has 0 radical (unpaired) electrons. The molecule has 0 unspecified atom stereocenters. The van der Waals surface area contributed by atoms with Crippen LogP contribution in [0.4, 0.5) is 23.7 Å². The highest BCUT2D eigenvalue weighted by Gasteiger charge is 2.31. The molecule has 0 aliphatic carbocycles. The number of amides is 1. The molecule has 3 aromatic rings. The number of fused-ring (bicyclic) bond motifs is 1. The lowest BCUT2D eigenvalue weighted by Crippen LogP contribution is -2.13. The second kappa shape index (κ2) is 8.33. The fourth-order valence-corrected chi connectivity index (χ4v) is 3.27. The van der Waals surface area contributed by atoms with Crippen LogP contribution < -0.4 is 5.32 Å². The number of aryl methyl sites for hydroxylation is 1. The maximum absolute atomic E-state index is 13.2. The van der Waals surface area contributed by atoms with E-state index in [0.29, 0.717) is 40.0 Å². The zero-order chi connectivity index (χ0) is 21.9. The normalized spacial score (nSPS) is 11.2. The minimum Gasteiger partial charge on any atom is -0.445 e. The number of carbonyl (C=O) groups excluding carboxylic acids is 1. The summed E-state index contributed by atoms with van der Waals surface area (Å²) in [4.78, 5) is 11.6. The van der Waals surface area contributed by atoms with Crippen molar-refractivity contribution in [2.75, 3.05) is 11.9 Å². The van der Waals surface area contributed by atoms with Gasteiger partial charge < -0.3 is 9.30 Å². The second-order valence-corrected chi connectivity index (χ2v) is 6.40. The van der Waals surface area contributed by atoms with Crippen LogP contribution in [0.2, 0.25) is 0 Å². The number of hydrogen-bond donors (Lipinski definition) is 1. The van der Waals surface area contributed by atoms with Crippen LogP contribution in [0.5, 0.6) is 0 Å². The van der Waals surface area contributed by atoms with Crippen LogP contribution in [0, 0.1) is 11.3 Å². The standard InChI is InChI=1S/C22H18F3N3O2/c1-3-11-30-21(29)27-16-8-5-14(6-9-16)20-18(13-26)17-10-7-15(22(23,24)25)12-19(17)28(20)4-2/h3,5-10,12H,1,4,11H2,2H3,(H,27,29). The van der Waals surface area contributed by atoms with Crippen molar-refractivity contribution in [1.29, 1.82) is 5.26 Å². The molecular formula is C22H18F3N3O2. The molecule has 30 heavy (non-hydrogen) atoms. The largest absolute Gasteiger partial charge is 0.445 e. The minimum atomic E-state index is -4.47. The summed E-state index contributed by atoms with van der Waals surface area (Å²) in [5, 5.41) is 12.7. The number of alkyl halides is 3. The summed E-state index contributed by atoms with van der Waals surface area (Å²) < 4.78 is 46.0. The molecule has 3 rings (SSSR count). The number of nitrogens with zero attached hydrogens (tertiary/aromatic N) is 2. The van der Waals surface area contributed by atoms with Crippen LogP contribution in [-0.4, -0.2) is 17.3 Å². The van der Waals surface area contributed by atoms with Gasteiger partial charge in [0.1, 0.15) is 12.7 Å². The van der Waals surface area contributed by atoms with E-state index < -0.39 is 17.8 Å². The number of nitriles is 1. The molecule has 8 heteroatoms. The van der Waals surface area contributed by atoms with Gasteiger partial charge in [-0.3, -0.25) is 5.32 Å². The van der Waals surface area contributed by atoms with Gasteiger partial charge in [-0.2, -0.15) is 18.4 Å². The first kappa shape index (κ1) is 21.0. The number of hydrogen-bond acceptors (Lipinski definition) is 3. The molecule has 0 saturated carbocycles. The molecule has 154 valence electrons. The van der Waals surface area contributed by atoms with Crippen molar-refractivity contribution in [3.8, 4) is 17.3 Å². The molecule has 0 bridgehead atoms. The van der Waals surface area contributed by atoms with Gasteiger partial charge >= 0.3 is 12.3 Å². The Morgan fingerprint density at radius 2 is 1.97 bits per heavy atom. The predicted octanol–water partition coefficient (Wildman–Crippen LogP) is 5.95. The number of anilines is 1. The summed E-state index contributed by atoms with van der Waals surface area (Å²) in [6.07, 6.45) is -3.67. The maximum atomic E-state index is 13.2. The van der Waals surface area contributed by atoms with Gasteiger partial charge in [-0.15, -0.1) is 0 Å². The molecule has 0 spiro atoms. The van der Waals surface area contributed by atoms with Crippen LogP contribution in [0.1, 0.15) is 18.1 Å². The van der Waals surface area contributed by atoms with Crippen LogP contribution in [0.15, 0.2) is 55.1 Å². The van der Waals surface area contributed by atoms with Crippen molar-refractivity contribution >= 4 is 22.7 Å². The molecular weight excluding hydrogens is 395 g/mol. The van der Waals surface area contributed by atoms with E-state index in [1.807, 2.05) is 0 Å². The summed E-state index contributed by atoms with van der Waals surface area (Å²) in [5.41, 5.74) is 1.51. The minimum absolute atomic E-state index is 0.0754. The molecule has 1 aromatic heterocycles. The lowest BCUT2D eigenvalue weighted by atomic mass is 10.0. The third-order valence-corrected chi connectivity index (χ3v) is 4.56. The fraction of sp³-hybridized carbons (Fsp3) is 0.182. The first-order chi connectivity index (χ1) is 14.3. The molecule has 5 nitrogen and oxygen atoms in total. The van der Waals surface area contributed by atoms with Crippen molar-refractivity contribution < 1.29 is 22.7 Å². The summed E-state index contributed by atoms with van der Waals surface area (Å²) in [6.45, 7) is 5.71. The zero-order valence-corrected chi connectivity index (χ0v) is 16.1. The van der Waals surface area contributed by atoms with Crippen LogP contribution in [0.25, 0.3) is 22.2 Å². The molecule has 0 atom stereocenters. The first-order valence-corrected chi connectivity index (χ1v) is 9.08. The molecule has 1 amide bonds. The SMILES string of the molecule is C=CCOC(=O)Nc1ccc(-c2c(C#N)c3ccc(C(F)(F)F)cc3n2CC)cc1. The van der Waals surface area contributed by atoms with Gasteiger partial charge in [-0.05, 0) is 36.8 Å². The Kier molecular flexibility index (Phi) is 5.83. The number of nitrogens with one attached hydrogen (secondary N) is 1. The highest BCUT2D eigenvalue weighted by Crippen LogP contribution is 2.37. The third-order valence-electron chi connectivity index (χ3n) is 4.56. The van der Waals surface area contributed by atoms with E-state index in [4.69, 9.17) is 4.74 Å². The van der Waals surface area contributed by atoms with Gasteiger partial charge in [-0.25, -0.2) is 4.79 Å². The van der Waals surface area contributed by atoms with E-state index in [1.54, 1.807) is 35.8 Å². The Hall–Kier alpha value is -3.73. The summed E-state index contributed by atoms with van der Waals surface area (Å²) in [6, 6.07) is 12.1. The lowest BCUT2D eigenvalue weighted by Gasteiger charge is -2.11. The maximum Gasteiger partial charge on any atom is 0.416 e. The van der Waals surface area contributed by atoms with Crippen molar-refractivity contribution in [3.05, 3.63) is 66.2 Å². The predicted molar refractivity (Wildman–Crippen MR) is 108 cm³/mol. The number of rotatable bonds is 5. The zero-order valence-electron chi connectivity index (χ0n) is 16.1. The van der Waals surface area contributed by atoms with E-state index in [1.165, 1.54) is 12.1 Å². The fourth-order valence-electron chi connectivity index (χ4n) is 3.27. The van der Waals surface area contributed by atoms with Crippen molar-refractivity contribution in [3.63, 3.8) is 0 Å². The Bertz CT molecular complexity index is 1140. The van der Waals surface area contributed by atoms with E-state index >= 15 is 0 Å². The number of ether oxygens (including phenoxy) is 1. The number of carbonyl (C=O) groups is 1. The van der Waals surface area contributed by atoms with Crippen molar-refractivity contribution in [1.82, 2.24) is 4.57 Å². The van der Waals surface area contributed by atoms with E-state index in [0.717, 1.165) is 12.1 Å². The molecule has 1 N–H and O–H groups in total. The lowest BCUT2D eigenvalue weighted by molar-refractivity contribution is -0.137. The Morgan fingerprint density at radius 3 is 2.53 bits per heavy atom. The van der Waals surface area contributed by atoms with Gasteiger partial charge in [-0.1, -0.05) is 30.9 Å². The molecule has 2 aromatic carbocycles. The average molecular weight is 413 g/mol. The molecule has 1 heterocycles. The summed E-state index contributed by atoms with van der Waals surface area (Å²) in [5.74, 6) is 0. The average Bonchev–Trinajstić information content (AvgIpc) is 3.04. The van der Waals surface area contributed by atoms with Crippen LogP contribution in [-0.2, 0) is 17.5 Å². The van der Waals surface area contributed by atoms with Gasteiger partial charge in [0.2, 0.25) is 0 Å². The second-order valence-electron chi connectivity index (χ2n) is 6.40. The van der Waals surface area contributed by atoms with E-state index in [9.17, 15) is 23.2 Å². The topological polar surface area (TPSA) is 67.0 Å². The third kappa shape index (κ3) is 4.01. The first-order valence-electron chi connectivity index (χ1n) is 9.08. The van der Waals surface area contributed by atoms with Crippen molar-refractivity contribution in [2.45, 2.75) is 19.6 Å². The summed E-state index contributed by atoms with van der Waals surface area (Å²) in [7, 11) is 0. The quantitative estimate of drug-likeness (QED) is 0.526. The molecule has 0 saturated heterocycles. The Labute approximate surface area is 171 Å². The van der Waals surface area contributed by atoms with Crippen LogP contribution in [0.3, 0.4) is 0 Å². The molecule has 0 aliphatic rings. The van der Waals surface area contributed by atoms with Crippen LogP contribution >= 0.6 is 0 Å². The van der Waals surface area contributed by atoms with Gasteiger partial charge in [0.05, 0.1) is 22.3 Å². The number of halogens is 3. The summed E-state index contributed by atoms with van der Waals surface area (Å²) >= 11 is 0. The number of benzene rings is 2. The monoisotopic (exact) mass is 413 g/mol. The van der Waals surface area contributed by atoms with E-state index in [2.05, 4.69) is 18.0 Å².